The number of hydrogen-bond donors (Lipinski definition) is 0. The molecule has 40 heavy (non-hydrogen) atoms. The van der Waals surface area contributed by atoms with Crippen LogP contribution in [0.3, 0.4) is 0 Å². The lowest BCUT2D eigenvalue weighted by Crippen LogP contribution is -2.16. The second kappa shape index (κ2) is 8.56. The molecule has 1 aliphatic rings. The topological polar surface area (TPSA) is 3.24 Å². The minimum Gasteiger partial charge on any atom is -0.310 e. The van der Waals surface area contributed by atoms with Gasteiger partial charge in [0.25, 0.3) is 0 Å². The van der Waals surface area contributed by atoms with Gasteiger partial charge in [-0.1, -0.05) is 123 Å². The van der Waals surface area contributed by atoms with Gasteiger partial charge in [-0.15, -0.1) is 0 Å². The van der Waals surface area contributed by atoms with Gasteiger partial charge in [-0.25, -0.2) is 0 Å². The van der Waals surface area contributed by atoms with Gasteiger partial charge >= 0.3 is 0 Å². The Morgan fingerprint density at radius 2 is 1.10 bits per heavy atom. The van der Waals surface area contributed by atoms with Crippen LogP contribution in [0.2, 0.25) is 0 Å². The second-order valence-electron chi connectivity index (χ2n) is 11.4. The van der Waals surface area contributed by atoms with Crippen molar-refractivity contribution in [2.24, 2.45) is 0 Å². The Bertz CT molecular complexity index is 2080. The van der Waals surface area contributed by atoms with Crippen LogP contribution in [0.15, 0.2) is 140 Å². The average Bonchev–Trinajstić information content (AvgIpc) is 3.24. The Hall–Kier alpha value is -4.88. The largest absolute Gasteiger partial charge is 0.310 e. The molecule has 1 aliphatic carbocycles. The minimum absolute atomic E-state index is 0.0507. The minimum atomic E-state index is -0.0507. The van der Waals surface area contributed by atoms with Crippen LogP contribution in [0, 0.1) is 0 Å². The summed E-state index contributed by atoms with van der Waals surface area (Å²) in [4.78, 5) is 2.44. The molecule has 0 aliphatic heterocycles. The zero-order valence-corrected chi connectivity index (χ0v) is 22.7. The van der Waals surface area contributed by atoms with Gasteiger partial charge in [0.15, 0.2) is 0 Å². The summed E-state index contributed by atoms with van der Waals surface area (Å²) in [5.74, 6) is 0. The molecule has 0 saturated heterocycles. The summed E-state index contributed by atoms with van der Waals surface area (Å²) in [7, 11) is 0. The van der Waals surface area contributed by atoms with Crippen LogP contribution in [-0.2, 0) is 5.41 Å². The first-order valence-corrected chi connectivity index (χ1v) is 14.0. The molecule has 0 bridgehead atoms. The van der Waals surface area contributed by atoms with E-state index in [1.807, 2.05) is 0 Å². The summed E-state index contributed by atoms with van der Waals surface area (Å²) in [5, 5.41) is 7.69. The van der Waals surface area contributed by atoms with E-state index in [0.717, 1.165) is 11.4 Å². The number of anilines is 3. The van der Waals surface area contributed by atoms with E-state index in [9.17, 15) is 0 Å². The highest BCUT2D eigenvalue weighted by Crippen LogP contribution is 2.54. The molecule has 190 valence electrons. The number of rotatable bonds is 3. The van der Waals surface area contributed by atoms with Crippen LogP contribution in [0.4, 0.5) is 17.1 Å². The van der Waals surface area contributed by atoms with Crippen molar-refractivity contribution in [1.82, 2.24) is 0 Å². The molecule has 0 aromatic heterocycles. The normalized spacial score (nSPS) is 13.4. The van der Waals surface area contributed by atoms with E-state index in [0.29, 0.717) is 0 Å². The fraction of sp³-hybridized carbons (Fsp3) is 0.0769. The van der Waals surface area contributed by atoms with E-state index in [-0.39, 0.29) is 5.41 Å². The van der Waals surface area contributed by atoms with Gasteiger partial charge in [-0.2, -0.15) is 0 Å². The first-order valence-electron chi connectivity index (χ1n) is 14.0. The van der Waals surface area contributed by atoms with Gasteiger partial charge in [0, 0.05) is 22.4 Å². The zero-order chi connectivity index (χ0) is 26.8. The monoisotopic (exact) mass is 511 g/mol. The Morgan fingerprint density at radius 1 is 0.450 bits per heavy atom. The van der Waals surface area contributed by atoms with Gasteiger partial charge in [-0.3, -0.25) is 0 Å². The molecule has 1 nitrogen and oxygen atoms in total. The fourth-order valence-corrected chi connectivity index (χ4v) is 6.87. The zero-order valence-electron chi connectivity index (χ0n) is 22.7. The SMILES string of the molecule is CC1(C)c2ccccc2-c2c(N(c3ccccc3)c3ccc4ccc5c6ccccc6ccc5c4c3)cccc21. The number of nitrogens with zero attached hydrogens (tertiary/aromatic N) is 1. The first kappa shape index (κ1) is 23.0. The van der Waals surface area contributed by atoms with Crippen LogP contribution >= 0.6 is 0 Å². The van der Waals surface area contributed by atoms with Crippen molar-refractivity contribution >= 4 is 49.4 Å². The van der Waals surface area contributed by atoms with Crippen molar-refractivity contribution in [2.45, 2.75) is 19.3 Å². The summed E-state index contributed by atoms with van der Waals surface area (Å²) in [6, 6.07) is 51.2. The standard InChI is InChI=1S/C39H29N/c1-39(2)35-16-9-8-15-33(35)38-36(39)17-10-18-37(38)40(28-12-4-3-5-13-28)29-22-19-27-21-23-31-30-14-7-6-11-26(30)20-24-32(31)34(27)25-29/h3-25H,1-2H3. The van der Waals surface area contributed by atoms with E-state index >= 15 is 0 Å². The summed E-state index contributed by atoms with van der Waals surface area (Å²) >= 11 is 0. The molecular weight excluding hydrogens is 482 g/mol. The van der Waals surface area contributed by atoms with Crippen LogP contribution in [0.5, 0.6) is 0 Å². The van der Waals surface area contributed by atoms with Crippen molar-refractivity contribution < 1.29 is 0 Å². The molecule has 0 N–H and O–H groups in total. The highest BCUT2D eigenvalue weighted by molar-refractivity contribution is 6.18. The lowest BCUT2D eigenvalue weighted by Gasteiger charge is -2.29. The molecule has 0 saturated carbocycles. The van der Waals surface area contributed by atoms with E-state index in [1.54, 1.807) is 0 Å². The van der Waals surface area contributed by atoms with Crippen molar-refractivity contribution in [3.63, 3.8) is 0 Å². The lowest BCUT2D eigenvalue weighted by atomic mass is 9.82. The predicted octanol–water partition coefficient (Wildman–Crippen LogP) is 10.9. The number of benzene rings is 7. The molecule has 0 radical (unpaired) electrons. The molecule has 0 unspecified atom stereocenters. The van der Waals surface area contributed by atoms with Crippen LogP contribution in [-0.4, -0.2) is 0 Å². The molecule has 8 rings (SSSR count). The van der Waals surface area contributed by atoms with Gasteiger partial charge in [0.05, 0.1) is 5.69 Å². The predicted molar refractivity (Wildman–Crippen MR) is 171 cm³/mol. The third kappa shape index (κ3) is 3.28. The molecule has 0 heterocycles. The quantitative estimate of drug-likeness (QED) is 0.213. The van der Waals surface area contributed by atoms with E-state index < -0.39 is 0 Å². The number of fused-ring (bicyclic) bond motifs is 8. The van der Waals surface area contributed by atoms with Crippen molar-refractivity contribution in [3.05, 3.63) is 151 Å². The highest BCUT2D eigenvalue weighted by atomic mass is 15.1. The summed E-state index contributed by atoms with van der Waals surface area (Å²) in [6.45, 7) is 4.70. The maximum atomic E-state index is 2.44. The third-order valence-corrected chi connectivity index (χ3v) is 8.83. The Labute approximate surface area is 234 Å². The molecule has 0 spiro atoms. The molecule has 0 amide bonds. The molecule has 7 aromatic carbocycles. The molecule has 1 heteroatoms. The van der Waals surface area contributed by atoms with Gasteiger partial charge < -0.3 is 4.90 Å². The molecule has 7 aromatic rings. The van der Waals surface area contributed by atoms with Gasteiger partial charge in [0.1, 0.15) is 0 Å². The van der Waals surface area contributed by atoms with Crippen LogP contribution in [0.1, 0.15) is 25.0 Å². The summed E-state index contributed by atoms with van der Waals surface area (Å²) in [5.41, 5.74) is 8.91. The number of para-hydroxylation sites is 1. The molecule has 0 fully saturated rings. The third-order valence-electron chi connectivity index (χ3n) is 8.83. The van der Waals surface area contributed by atoms with E-state index in [4.69, 9.17) is 0 Å². The first-order chi connectivity index (χ1) is 19.6. The van der Waals surface area contributed by atoms with Crippen molar-refractivity contribution in [1.29, 1.82) is 0 Å². The lowest BCUT2D eigenvalue weighted by molar-refractivity contribution is 0.660. The van der Waals surface area contributed by atoms with Crippen LogP contribution in [0.25, 0.3) is 43.4 Å². The smallest absolute Gasteiger partial charge is 0.0543 e. The number of hydrogen-bond acceptors (Lipinski definition) is 1. The molecular formula is C39H29N. The Balaban J connectivity index is 1.42. The highest BCUT2D eigenvalue weighted by Gasteiger charge is 2.37. The van der Waals surface area contributed by atoms with E-state index in [2.05, 4.69) is 158 Å². The van der Waals surface area contributed by atoms with Crippen molar-refractivity contribution in [3.8, 4) is 11.1 Å². The average molecular weight is 512 g/mol. The summed E-state index contributed by atoms with van der Waals surface area (Å²) < 4.78 is 0. The Morgan fingerprint density at radius 3 is 1.95 bits per heavy atom. The van der Waals surface area contributed by atoms with Crippen molar-refractivity contribution in [2.75, 3.05) is 4.90 Å². The second-order valence-corrected chi connectivity index (χ2v) is 11.4. The van der Waals surface area contributed by atoms with E-state index in [1.165, 1.54) is 60.3 Å². The summed E-state index contributed by atoms with van der Waals surface area (Å²) in [6.07, 6.45) is 0. The van der Waals surface area contributed by atoms with Gasteiger partial charge in [-0.05, 0) is 79.3 Å². The van der Waals surface area contributed by atoms with Crippen LogP contribution < -0.4 is 4.90 Å². The maximum Gasteiger partial charge on any atom is 0.0543 e. The Kier molecular flexibility index (Phi) is 4.93. The molecule has 0 atom stereocenters. The fourth-order valence-electron chi connectivity index (χ4n) is 6.87. The maximum absolute atomic E-state index is 2.44. The van der Waals surface area contributed by atoms with Gasteiger partial charge in [0.2, 0.25) is 0 Å².